The minimum atomic E-state index is -0.231. The van der Waals surface area contributed by atoms with E-state index in [0.717, 1.165) is 24.7 Å². The molecule has 5 heteroatoms. The Kier molecular flexibility index (Phi) is 7.30. The monoisotopic (exact) mass is 360 g/mol. The van der Waals surface area contributed by atoms with Gasteiger partial charge in [0, 0.05) is 18.3 Å². The Morgan fingerprint density at radius 3 is 2.65 bits per heavy atom. The molecule has 0 saturated heterocycles. The summed E-state index contributed by atoms with van der Waals surface area (Å²) in [7, 11) is 0. The van der Waals surface area contributed by atoms with Crippen LogP contribution < -0.4 is 16.4 Å². The third-order valence-electron chi connectivity index (χ3n) is 5.77. The van der Waals surface area contributed by atoms with Crippen molar-refractivity contribution in [2.45, 2.75) is 63.8 Å². The third kappa shape index (κ3) is 5.97. The molecule has 0 spiro atoms. The average Bonchev–Trinajstić information content (AvgIpc) is 2.67. The van der Waals surface area contributed by atoms with Gasteiger partial charge in [-0.3, -0.25) is 4.99 Å². The van der Waals surface area contributed by atoms with Crippen molar-refractivity contribution in [2.24, 2.45) is 22.6 Å². The van der Waals surface area contributed by atoms with Gasteiger partial charge in [0.1, 0.15) is 5.82 Å². The molecule has 1 aromatic rings. The van der Waals surface area contributed by atoms with Crippen LogP contribution in [0.3, 0.4) is 0 Å². The summed E-state index contributed by atoms with van der Waals surface area (Å²) in [5.74, 6) is 1.81. The van der Waals surface area contributed by atoms with Gasteiger partial charge in [-0.15, -0.1) is 0 Å². The molecule has 2 fully saturated rings. The number of nitrogens with two attached hydrogens (primary N) is 1. The fourth-order valence-corrected chi connectivity index (χ4v) is 4.27. The van der Waals surface area contributed by atoms with E-state index in [4.69, 9.17) is 10.7 Å². The van der Waals surface area contributed by atoms with Crippen LogP contribution in [0.4, 0.5) is 10.1 Å². The number of rotatable bonds is 5. The van der Waals surface area contributed by atoms with Crippen LogP contribution in [0, 0.1) is 17.7 Å². The lowest BCUT2D eigenvalue weighted by molar-refractivity contribution is 0.277. The van der Waals surface area contributed by atoms with Crippen molar-refractivity contribution in [1.29, 1.82) is 0 Å². The normalized spacial score (nSPS) is 25.1. The first-order chi connectivity index (χ1) is 12.7. The number of nitrogens with zero attached hydrogens (tertiary/aromatic N) is 1. The molecular formula is C21H33FN4. The number of hydrogen-bond donors (Lipinski definition) is 3. The first-order valence-electron chi connectivity index (χ1n) is 10.3. The van der Waals surface area contributed by atoms with Crippen LogP contribution in [-0.4, -0.2) is 25.1 Å². The summed E-state index contributed by atoms with van der Waals surface area (Å²) < 4.78 is 13.5. The van der Waals surface area contributed by atoms with Crippen molar-refractivity contribution in [2.75, 3.05) is 18.4 Å². The highest BCUT2D eigenvalue weighted by atomic mass is 19.1. The molecule has 0 aliphatic heterocycles. The highest BCUT2D eigenvalue weighted by molar-refractivity contribution is 5.93. The summed E-state index contributed by atoms with van der Waals surface area (Å²) in [6, 6.07) is 7.05. The molecule has 0 aromatic heterocycles. The summed E-state index contributed by atoms with van der Waals surface area (Å²) >= 11 is 0. The maximum Gasteiger partial charge on any atom is 0.196 e. The minimum absolute atomic E-state index is 0.231. The average molecular weight is 361 g/mol. The zero-order valence-corrected chi connectivity index (χ0v) is 15.7. The molecule has 4 N–H and O–H groups in total. The van der Waals surface area contributed by atoms with E-state index in [0.29, 0.717) is 17.9 Å². The second-order valence-electron chi connectivity index (χ2n) is 7.94. The standard InChI is InChI=1S/C21H33FN4/c22-18-8-5-11-20(13-18)26-21(25-19-9-2-1-3-10-19)24-15-17-7-4-6-16(12-17)14-23/h5,8,11,13,16-17,19H,1-4,6-7,9-10,12,14-15,23H2,(H2,24,25,26). The molecule has 26 heavy (non-hydrogen) atoms. The highest BCUT2D eigenvalue weighted by Crippen LogP contribution is 2.28. The Balaban J connectivity index is 1.64. The molecule has 3 rings (SSSR count). The van der Waals surface area contributed by atoms with Gasteiger partial charge in [0.05, 0.1) is 0 Å². The van der Waals surface area contributed by atoms with Crippen LogP contribution in [0.2, 0.25) is 0 Å². The predicted octanol–water partition coefficient (Wildman–Crippen LogP) is 4.28. The zero-order valence-electron chi connectivity index (χ0n) is 15.7. The quantitative estimate of drug-likeness (QED) is 0.542. The predicted molar refractivity (Wildman–Crippen MR) is 107 cm³/mol. The first-order valence-corrected chi connectivity index (χ1v) is 10.3. The molecule has 0 bridgehead atoms. The van der Waals surface area contributed by atoms with Crippen molar-refractivity contribution >= 4 is 11.6 Å². The molecular weight excluding hydrogens is 327 g/mol. The van der Waals surface area contributed by atoms with Crippen molar-refractivity contribution < 1.29 is 4.39 Å². The van der Waals surface area contributed by atoms with Gasteiger partial charge >= 0.3 is 0 Å². The van der Waals surface area contributed by atoms with Crippen molar-refractivity contribution in [3.05, 3.63) is 30.1 Å². The van der Waals surface area contributed by atoms with Crippen molar-refractivity contribution in [1.82, 2.24) is 5.32 Å². The maximum absolute atomic E-state index is 13.5. The van der Waals surface area contributed by atoms with E-state index in [9.17, 15) is 4.39 Å². The van der Waals surface area contributed by atoms with Crippen LogP contribution in [0.5, 0.6) is 0 Å². The van der Waals surface area contributed by atoms with Gasteiger partial charge in [-0.25, -0.2) is 4.39 Å². The lowest BCUT2D eigenvalue weighted by Crippen LogP contribution is -2.40. The number of hydrogen-bond acceptors (Lipinski definition) is 2. The number of nitrogens with one attached hydrogen (secondary N) is 2. The topological polar surface area (TPSA) is 62.4 Å². The minimum Gasteiger partial charge on any atom is -0.353 e. The van der Waals surface area contributed by atoms with Crippen LogP contribution in [0.1, 0.15) is 57.8 Å². The number of halogens is 1. The summed E-state index contributed by atoms with van der Waals surface area (Å²) in [5.41, 5.74) is 6.61. The van der Waals surface area contributed by atoms with E-state index < -0.39 is 0 Å². The highest BCUT2D eigenvalue weighted by Gasteiger charge is 2.21. The van der Waals surface area contributed by atoms with Crippen LogP contribution >= 0.6 is 0 Å². The van der Waals surface area contributed by atoms with Gasteiger partial charge in [-0.2, -0.15) is 0 Å². The van der Waals surface area contributed by atoms with Gasteiger partial charge in [0.25, 0.3) is 0 Å². The van der Waals surface area contributed by atoms with Gasteiger partial charge in [-0.1, -0.05) is 31.7 Å². The molecule has 144 valence electrons. The van der Waals surface area contributed by atoms with E-state index in [-0.39, 0.29) is 5.82 Å². The molecule has 0 heterocycles. The number of guanidine groups is 1. The summed E-state index contributed by atoms with van der Waals surface area (Å²) in [6.07, 6.45) is 11.1. The van der Waals surface area contributed by atoms with Crippen molar-refractivity contribution in [3.8, 4) is 0 Å². The van der Waals surface area contributed by atoms with Gasteiger partial charge in [0.15, 0.2) is 5.96 Å². The smallest absolute Gasteiger partial charge is 0.196 e. The molecule has 2 atom stereocenters. The van der Waals surface area contributed by atoms with Crippen LogP contribution in [0.15, 0.2) is 29.3 Å². The van der Waals surface area contributed by atoms with Crippen molar-refractivity contribution in [3.63, 3.8) is 0 Å². The van der Waals surface area contributed by atoms with Gasteiger partial charge in [-0.05, 0) is 68.7 Å². The Bertz CT molecular complexity index is 583. The third-order valence-corrected chi connectivity index (χ3v) is 5.77. The second kappa shape index (κ2) is 9.91. The van der Waals surface area contributed by atoms with Gasteiger partial charge < -0.3 is 16.4 Å². The van der Waals surface area contributed by atoms with E-state index >= 15 is 0 Å². The molecule has 2 aliphatic rings. The molecule has 0 amide bonds. The van der Waals surface area contributed by atoms with E-state index in [1.165, 1.54) is 69.9 Å². The second-order valence-corrected chi connectivity index (χ2v) is 7.94. The Morgan fingerprint density at radius 2 is 1.88 bits per heavy atom. The van der Waals surface area contributed by atoms with E-state index in [1.54, 1.807) is 6.07 Å². The zero-order chi connectivity index (χ0) is 18.2. The number of aliphatic imine (C=N–C) groups is 1. The first kappa shape index (κ1) is 19.2. The lowest BCUT2D eigenvalue weighted by Gasteiger charge is -2.28. The van der Waals surface area contributed by atoms with Crippen LogP contribution in [0.25, 0.3) is 0 Å². The van der Waals surface area contributed by atoms with E-state index in [1.807, 2.05) is 6.07 Å². The maximum atomic E-state index is 13.5. The molecule has 2 aliphatic carbocycles. The molecule has 2 unspecified atom stereocenters. The van der Waals surface area contributed by atoms with E-state index in [2.05, 4.69) is 10.6 Å². The fourth-order valence-electron chi connectivity index (χ4n) is 4.27. The molecule has 2 saturated carbocycles. The molecule has 4 nitrogen and oxygen atoms in total. The fraction of sp³-hybridized carbons (Fsp3) is 0.667. The molecule has 0 radical (unpaired) electrons. The number of benzene rings is 1. The number of anilines is 1. The van der Waals surface area contributed by atoms with Gasteiger partial charge in [0.2, 0.25) is 0 Å². The Hall–Kier alpha value is -1.62. The lowest BCUT2D eigenvalue weighted by atomic mass is 9.81. The Morgan fingerprint density at radius 1 is 1.08 bits per heavy atom. The summed E-state index contributed by atoms with van der Waals surface area (Å²) in [5, 5.41) is 6.89. The molecule has 1 aromatic carbocycles. The van der Waals surface area contributed by atoms with Crippen LogP contribution in [-0.2, 0) is 0 Å². The largest absolute Gasteiger partial charge is 0.353 e. The summed E-state index contributed by atoms with van der Waals surface area (Å²) in [4.78, 5) is 4.87. The Labute approximate surface area is 156 Å². The SMILES string of the molecule is NCC1CCCC(CN=C(Nc2cccc(F)c2)NC2CCCCC2)C1. The summed E-state index contributed by atoms with van der Waals surface area (Å²) in [6.45, 7) is 1.60.